The lowest BCUT2D eigenvalue weighted by Gasteiger charge is -2.29. The molecule has 10 heteroatoms. The third-order valence-electron chi connectivity index (χ3n) is 6.16. The number of hydrogen-bond acceptors (Lipinski definition) is 5. The summed E-state index contributed by atoms with van der Waals surface area (Å²) in [6.07, 6.45) is -4.90. The third kappa shape index (κ3) is 4.72. The average molecular weight is 474 g/mol. The summed E-state index contributed by atoms with van der Waals surface area (Å²) in [6, 6.07) is 13.7. The number of carboxylic acid groups (broad SMARTS) is 1. The second kappa shape index (κ2) is 9.76. The summed E-state index contributed by atoms with van der Waals surface area (Å²) in [7, 11) is 0. The van der Waals surface area contributed by atoms with Crippen molar-refractivity contribution in [1.82, 2.24) is 10.6 Å². The topological polar surface area (TPSA) is 114 Å². The molecule has 2 atom stereocenters. The zero-order valence-electron chi connectivity index (χ0n) is 18.1. The summed E-state index contributed by atoms with van der Waals surface area (Å²) in [5.41, 5.74) is 2.52. The Kier molecular flexibility index (Phi) is 6.78. The lowest BCUT2D eigenvalue weighted by atomic mass is 9.96. The highest BCUT2D eigenvalue weighted by atomic mass is 19.3. The van der Waals surface area contributed by atoms with E-state index in [1.165, 1.54) is 0 Å². The minimum absolute atomic E-state index is 0.0110. The Labute approximate surface area is 194 Å². The van der Waals surface area contributed by atoms with Gasteiger partial charge in [-0.15, -0.1) is 0 Å². The molecule has 0 aromatic heterocycles. The van der Waals surface area contributed by atoms with Crippen LogP contribution in [-0.4, -0.2) is 60.9 Å². The Morgan fingerprint density at radius 1 is 1.09 bits per heavy atom. The second-order valence-electron chi connectivity index (χ2n) is 8.35. The SMILES string of the molecule is O=C(O)CC(NC(=O)C1(NC(=O)OCC2c3ccccc3-c3ccccc32)CCOC1)C(F)F. The zero-order valence-corrected chi connectivity index (χ0v) is 18.1. The molecule has 180 valence electrons. The number of rotatable bonds is 8. The van der Waals surface area contributed by atoms with E-state index in [9.17, 15) is 23.2 Å². The van der Waals surface area contributed by atoms with E-state index in [1.54, 1.807) is 0 Å². The highest BCUT2D eigenvalue weighted by Crippen LogP contribution is 2.44. The fourth-order valence-electron chi connectivity index (χ4n) is 4.43. The number of benzene rings is 2. The first-order chi connectivity index (χ1) is 16.3. The molecule has 2 unspecified atom stereocenters. The van der Waals surface area contributed by atoms with Crippen LogP contribution in [0.15, 0.2) is 48.5 Å². The predicted octanol–water partition coefficient (Wildman–Crippen LogP) is 2.91. The van der Waals surface area contributed by atoms with E-state index in [0.29, 0.717) is 0 Å². The van der Waals surface area contributed by atoms with E-state index < -0.39 is 42.4 Å². The van der Waals surface area contributed by atoms with Crippen LogP contribution < -0.4 is 10.6 Å². The molecule has 1 aliphatic heterocycles. The molecule has 4 rings (SSSR count). The molecule has 3 N–H and O–H groups in total. The Morgan fingerprint density at radius 2 is 1.71 bits per heavy atom. The second-order valence-corrected chi connectivity index (χ2v) is 8.35. The van der Waals surface area contributed by atoms with Crippen LogP contribution >= 0.6 is 0 Å². The number of fused-ring (bicyclic) bond motifs is 3. The molecular weight excluding hydrogens is 450 g/mol. The van der Waals surface area contributed by atoms with Crippen LogP contribution in [0.5, 0.6) is 0 Å². The van der Waals surface area contributed by atoms with Crippen LogP contribution in [0.2, 0.25) is 0 Å². The van der Waals surface area contributed by atoms with Crippen molar-refractivity contribution < 1.29 is 37.7 Å². The standard InChI is InChI=1S/C24H24F2N2O6/c25-21(26)19(11-20(29)30)27-22(31)24(9-10-33-13-24)28-23(32)34-12-18-16-7-3-1-5-14(16)15-6-2-4-8-17(15)18/h1-8,18-19,21H,9-13H2,(H,27,31)(H,28,32)(H,29,30). The van der Waals surface area contributed by atoms with Gasteiger partial charge in [0.1, 0.15) is 18.2 Å². The molecule has 2 aromatic carbocycles. The van der Waals surface area contributed by atoms with Gasteiger partial charge in [-0.05, 0) is 22.3 Å². The molecule has 1 heterocycles. The first-order valence-corrected chi connectivity index (χ1v) is 10.8. The summed E-state index contributed by atoms with van der Waals surface area (Å²) in [5.74, 6) is -2.61. The first kappa shape index (κ1) is 23.6. The number of carbonyl (C=O) groups excluding carboxylic acids is 2. The average Bonchev–Trinajstić information content (AvgIpc) is 3.40. The normalized spacial score (nSPS) is 19.9. The first-order valence-electron chi connectivity index (χ1n) is 10.8. The number of nitrogens with one attached hydrogen (secondary N) is 2. The Balaban J connectivity index is 1.44. The molecule has 0 radical (unpaired) electrons. The number of aliphatic carboxylic acids is 1. The summed E-state index contributed by atoms with van der Waals surface area (Å²) in [6.45, 7) is -0.113. The van der Waals surface area contributed by atoms with E-state index in [0.717, 1.165) is 22.3 Å². The van der Waals surface area contributed by atoms with Crippen LogP contribution in [0, 0.1) is 0 Å². The van der Waals surface area contributed by atoms with Gasteiger partial charge < -0.3 is 25.2 Å². The molecule has 2 amide bonds. The minimum atomic E-state index is -3.09. The van der Waals surface area contributed by atoms with E-state index in [-0.39, 0.29) is 32.2 Å². The molecule has 1 saturated heterocycles. The third-order valence-corrected chi connectivity index (χ3v) is 6.16. The molecule has 0 saturated carbocycles. The Morgan fingerprint density at radius 3 is 2.24 bits per heavy atom. The summed E-state index contributed by atoms with van der Waals surface area (Å²) in [4.78, 5) is 36.3. The van der Waals surface area contributed by atoms with Crippen molar-refractivity contribution >= 4 is 18.0 Å². The summed E-state index contributed by atoms with van der Waals surface area (Å²) >= 11 is 0. The van der Waals surface area contributed by atoms with E-state index in [2.05, 4.69) is 5.32 Å². The molecule has 34 heavy (non-hydrogen) atoms. The molecule has 8 nitrogen and oxygen atoms in total. The van der Waals surface area contributed by atoms with Gasteiger partial charge in [0, 0.05) is 18.9 Å². The van der Waals surface area contributed by atoms with Crippen molar-refractivity contribution in [3.8, 4) is 11.1 Å². The number of halogens is 2. The Hall–Kier alpha value is -3.53. The lowest BCUT2D eigenvalue weighted by Crippen LogP contribution is -2.62. The molecule has 1 fully saturated rings. The molecule has 2 aliphatic rings. The van der Waals surface area contributed by atoms with Crippen molar-refractivity contribution in [1.29, 1.82) is 0 Å². The van der Waals surface area contributed by atoms with Crippen LogP contribution in [0.3, 0.4) is 0 Å². The number of alkyl carbamates (subject to hydrolysis) is 1. The highest BCUT2D eigenvalue weighted by molar-refractivity contribution is 5.91. The largest absolute Gasteiger partial charge is 0.481 e. The van der Waals surface area contributed by atoms with Gasteiger partial charge in [-0.25, -0.2) is 13.6 Å². The number of hydrogen-bond donors (Lipinski definition) is 3. The van der Waals surface area contributed by atoms with Gasteiger partial charge in [-0.3, -0.25) is 9.59 Å². The van der Waals surface area contributed by atoms with Gasteiger partial charge in [0.25, 0.3) is 6.43 Å². The fourth-order valence-corrected chi connectivity index (χ4v) is 4.43. The number of carboxylic acids is 1. The van der Waals surface area contributed by atoms with E-state index in [4.69, 9.17) is 14.6 Å². The molecular formula is C24H24F2N2O6. The summed E-state index contributed by atoms with van der Waals surface area (Å²) < 4.78 is 37.1. The van der Waals surface area contributed by atoms with Crippen LogP contribution in [-0.2, 0) is 19.1 Å². The molecule has 1 aliphatic carbocycles. The van der Waals surface area contributed by atoms with Gasteiger partial charge in [0.05, 0.1) is 13.0 Å². The Bertz CT molecular complexity index is 1040. The maximum atomic E-state index is 13.2. The van der Waals surface area contributed by atoms with Crippen molar-refractivity contribution in [2.24, 2.45) is 0 Å². The van der Waals surface area contributed by atoms with Gasteiger partial charge >= 0.3 is 12.1 Å². The van der Waals surface area contributed by atoms with Gasteiger partial charge in [0.15, 0.2) is 0 Å². The molecule has 0 bridgehead atoms. The number of amides is 2. The molecule has 2 aromatic rings. The van der Waals surface area contributed by atoms with Crippen molar-refractivity contribution in [2.75, 3.05) is 19.8 Å². The van der Waals surface area contributed by atoms with Crippen LogP contribution in [0.1, 0.15) is 29.9 Å². The summed E-state index contributed by atoms with van der Waals surface area (Å²) in [5, 5.41) is 13.3. The van der Waals surface area contributed by atoms with Crippen LogP contribution in [0.4, 0.5) is 13.6 Å². The smallest absolute Gasteiger partial charge is 0.408 e. The number of ether oxygens (including phenoxy) is 2. The van der Waals surface area contributed by atoms with E-state index in [1.807, 2.05) is 53.8 Å². The van der Waals surface area contributed by atoms with Gasteiger partial charge in [-0.2, -0.15) is 0 Å². The van der Waals surface area contributed by atoms with Crippen LogP contribution in [0.25, 0.3) is 11.1 Å². The minimum Gasteiger partial charge on any atom is -0.481 e. The lowest BCUT2D eigenvalue weighted by molar-refractivity contribution is -0.139. The highest BCUT2D eigenvalue weighted by Gasteiger charge is 2.46. The maximum Gasteiger partial charge on any atom is 0.408 e. The number of carbonyl (C=O) groups is 3. The predicted molar refractivity (Wildman–Crippen MR) is 117 cm³/mol. The fraction of sp³-hybridized carbons (Fsp3) is 0.375. The van der Waals surface area contributed by atoms with Crippen molar-refractivity contribution in [3.05, 3.63) is 59.7 Å². The maximum absolute atomic E-state index is 13.2. The van der Waals surface area contributed by atoms with Gasteiger partial charge in [0.2, 0.25) is 5.91 Å². The van der Waals surface area contributed by atoms with Gasteiger partial charge in [-0.1, -0.05) is 48.5 Å². The van der Waals surface area contributed by atoms with E-state index >= 15 is 0 Å². The zero-order chi connectivity index (χ0) is 24.3. The quantitative estimate of drug-likeness (QED) is 0.542. The monoisotopic (exact) mass is 474 g/mol. The van der Waals surface area contributed by atoms with Crippen molar-refractivity contribution in [3.63, 3.8) is 0 Å². The molecule has 0 spiro atoms. The number of alkyl halides is 2. The van der Waals surface area contributed by atoms with Crippen molar-refractivity contribution in [2.45, 2.75) is 36.8 Å².